The predicted molar refractivity (Wildman–Crippen MR) is 120 cm³/mol. The van der Waals surface area contributed by atoms with Gasteiger partial charge in [0.1, 0.15) is 0 Å². The fraction of sp³-hybridized carbons (Fsp3) is 0.435. The van der Waals surface area contributed by atoms with Crippen molar-refractivity contribution in [1.82, 2.24) is 9.21 Å². The maximum absolute atomic E-state index is 13.3. The van der Waals surface area contributed by atoms with E-state index in [-0.39, 0.29) is 16.4 Å². The number of sulfonamides is 1. The minimum absolute atomic E-state index is 0.0823. The molecule has 0 spiro atoms. The standard InChI is InChI=1S/C23H29N3O4S/c1-18-6-5-8-21(19(18)2)24-10-12-25(13-11-24)23(27)20-7-3-4-9-22(20)31(28,29)26-14-16-30-17-15-26/h3-9H,10-17H2,1-2H3. The summed E-state index contributed by atoms with van der Waals surface area (Å²) in [5, 5.41) is 0. The molecule has 2 aromatic carbocycles. The number of carbonyl (C=O) groups excluding carboxylic acids is 1. The van der Waals surface area contributed by atoms with Gasteiger partial charge in [-0.25, -0.2) is 8.42 Å². The highest BCUT2D eigenvalue weighted by Crippen LogP contribution is 2.26. The highest BCUT2D eigenvalue weighted by Gasteiger charge is 2.32. The van der Waals surface area contributed by atoms with Crippen LogP contribution in [0.1, 0.15) is 21.5 Å². The smallest absolute Gasteiger partial charge is 0.255 e. The van der Waals surface area contributed by atoms with Crippen LogP contribution >= 0.6 is 0 Å². The average Bonchev–Trinajstić information content (AvgIpc) is 2.81. The quantitative estimate of drug-likeness (QED) is 0.725. The molecule has 2 fully saturated rings. The van der Waals surface area contributed by atoms with Crippen molar-refractivity contribution >= 4 is 21.6 Å². The molecule has 0 N–H and O–H groups in total. The van der Waals surface area contributed by atoms with Crippen LogP contribution in [0.5, 0.6) is 0 Å². The molecule has 2 saturated heterocycles. The number of hydrogen-bond donors (Lipinski definition) is 0. The van der Waals surface area contributed by atoms with Crippen LogP contribution in [-0.4, -0.2) is 76.0 Å². The van der Waals surface area contributed by atoms with E-state index in [1.54, 1.807) is 23.1 Å². The van der Waals surface area contributed by atoms with Gasteiger partial charge >= 0.3 is 0 Å². The van der Waals surface area contributed by atoms with Gasteiger partial charge in [-0.15, -0.1) is 0 Å². The molecule has 2 aliphatic rings. The minimum Gasteiger partial charge on any atom is -0.379 e. The fourth-order valence-corrected chi connectivity index (χ4v) is 5.79. The normalized spacial score (nSPS) is 18.3. The monoisotopic (exact) mass is 443 g/mol. The van der Waals surface area contributed by atoms with Gasteiger partial charge in [-0.2, -0.15) is 4.31 Å². The van der Waals surface area contributed by atoms with Crippen molar-refractivity contribution in [3.05, 3.63) is 59.2 Å². The lowest BCUT2D eigenvalue weighted by molar-refractivity contribution is 0.0722. The summed E-state index contributed by atoms with van der Waals surface area (Å²) in [5.74, 6) is -0.229. The summed E-state index contributed by atoms with van der Waals surface area (Å²) in [6, 6.07) is 12.8. The van der Waals surface area contributed by atoms with Gasteiger partial charge in [0.25, 0.3) is 5.91 Å². The number of carbonyl (C=O) groups is 1. The summed E-state index contributed by atoms with van der Waals surface area (Å²) in [6.45, 7) is 8.11. The molecule has 0 aromatic heterocycles. The highest BCUT2D eigenvalue weighted by molar-refractivity contribution is 7.89. The lowest BCUT2D eigenvalue weighted by atomic mass is 10.1. The first-order valence-electron chi connectivity index (χ1n) is 10.7. The number of anilines is 1. The van der Waals surface area contributed by atoms with E-state index in [0.29, 0.717) is 52.5 Å². The van der Waals surface area contributed by atoms with Crippen molar-refractivity contribution in [2.24, 2.45) is 0 Å². The van der Waals surface area contributed by atoms with Gasteiger partial charge in [-0.3, -0.25) is 4.79 Å². The minimum atomic E-state index is -3.75. The third-order valence-electron chi connectivity index (χ3n) is 6.19. The van der Waals surface area contributed by atoms with Gasteiger partial charge in [0.05, 0.1) is 23.7 Å². The van der Waals surface area contributed by atoms with E-state index in [1.165, 1.54) is 27.2 Å². The number of rotatable bonds is 4. The van der Waals surface area contributed by atoms with Gasteiger partial charge in [-0.1, -0.05) is 24.3 Å². The predicted octanol–water partition coefficient (Wildman–Crippen LogP) is 2.29. The third-order valence-corrected chi connectivity index (χ3v) is 8.15. The second-order valence-corrected chi connectivity index (χ2v) is 9.92. The van der Waals surface area contributed by atoms with Crippen LogP contribution < -0.4 is 4.90 Å². The molecule has 2 aromatic rings. The third kappa shape index (κ3) is 4.33. The van der Waals surface area contributed by atoms with Crippen molar-refractivity contribution in [3.8, 4) is 0 Å². The van der Waals surface area contributed by atoms with Crippen LogP contribution in [0.25, 0.3) is 0 Å². The Labute approximate surface area is 184 Å². The van der Waals surface area contributed by atoms with Gasteiger partial charge in [0.15, 0.2) is 0 Å². The van der Waals surface area contributed by atoms with Crippen LogP contribution in [0, 0.1) is 13.8 Å². The summed E-state index contributed by atoms with van der Waals surface area (Å²) < 4.78 is 33.1. The zero-order valence-electron chi connectivity index (χ0n) is 18.1. The molecular formula is C23H29N3O4S. The van der Waals surface area contributed by atoms with Crippen LogP contribution in [0.4, 0.5) is 5.69 Å². The van der Waals surface area contributed by atoms with Crippen LogP contribution in [-0.2, 0) is 14.8 Å². The molecule has 7 nitrogen and oxygen atoms in total. The Hall–Kier alpha value is -2.42. The molecule has 1 amide bonds. The Morgan fingerprint density at radius 3 is 2.26 bits per heavy atom. The van der Waals surface area contributed by atoms with Gasteiger partial charge in [0.2, 0.25) is 10.0 Å². The topological polar surface area (TPSA) is 70.2 Å². The van der Waals surface area contributed by atoms with Crippen LogP contribution in [0.3, 0.4) is 0 Å². The molecule has 166 valence electrons. The Kier molecular flexibility index (Phi) is 6.31. The molecule has 0 radical (unpaired) electrons. The average molecular weight is 444 g/mol. The number of benzene rings is 2. The number of aryl methyl sites for hydroxylation is 1. The van der Waals surface area contributed by atoms with Crippen molar-refractivity contribution in [2.75, 3.05) is 57.4 Å². The van der Waals surface area contributed by atoms with Crippen molar-refractivity contribution in [1.29, 1.82) is 0 Å². The zero-order valence-corrected chi connectivity index (χ0v) is 18.9. The molecule has 0 bridgehead atoms. The van der Waals surface area contributed by atoms with E-state index in [0.717, 1.165) is 0 Å². The molecule has 0 unspecified atom stereocenters. The lowest BCUT2D eigenvalue weighted by Crippen LogP contribution is -2.49. The Balaban J connectivity index is 1.52. The maximum atomic E-state index is 13.3. The second-order valence-electron chi connectivity index (χ2n) is 8.01. The molecule has 8 heteroatoms. The number of ether oxygens (including phenoxy) is 1. The van der Waals surface area contributed by atoms with E-state index < -0.39 is 10.0 Å². The number of hydrogen-bond acceptors (Lipinski definition) is 5. The lowest BCUT2D eigenvalue weighted by Gasteiger charge is -2.37. The Bertz CT molecular complexity index is 1060. The number of nitrogens with zero attached hydrogens (tertiary/aromatic N) is 3. The van der Waals surface area contributed by atoms with Crippen LogP contribution in [0.2, 0.25) is 0 Å². The number of amides is 1. The molecule has 0 saturated carbocycles. The molecule has 2 heterocycles. The Morgan fingerprint density at radius 2 is 1.55 bits per heavy atom. The van der Waals surface area contributed by atoms with Crippen LogP contribution in [0.15, 0.2) is 47.4 Å². The Morgan fingerprint density at radius 1 is 0.871 bits per heavy atom. The highest BCUT2D eigenvalue weighted by atomic mass is 32.2. The first-order valence-corrected chi connectivity index (χ1v) is 12.1. The van der Waals surface area contributed by atoms with E-state index in [2.05, 4.69) is 36.9 Å². The summed E-state index contributed by atoms with van der Waals surface area (Å²) in [6.07, 6.45) is 0. The largest absolute Gasteiger partial charge is 0.379 e. The van der Waals surface area contributed by atoms with Crippen molar-refractivity contribution < 1.29 is 17.9 Å². The zero-order chi connectivity index (χ0) is 22.0. The summed E-state index contributed by atoms with van der Waals surface area (Å²) in [4.78, 5) is 17.4. The van der Waals surface area contributed by atoms with Gasteiger partial charge in [-0.05, 0) is 43.2 Å². The molecule has 4 rings (SSSR count). The first-order chi connectivity index (χ1) is 14.9. The number of piperazine rings is 1. The van der Waals surface area contributed by atoms with Gasteiger partial charge in [0, 0.05) is 45.0 Å². The maximum Gasteiger partial charge on any atom is 0.255 e. The number of morpholine rings is 1. The van der Waals surface area contributed by atoms with Crippen molar-refractivity contribution in [3.63, 3.8) is 0 Å². The second kappa shape index (κ2) is 8.98. The van der Waals surface area contributed by atoms with E-state index in [9.17, 15) is 13.2 Å². The first kappa shape index (κ1) is 21.8. The van der Waals surface area contributed by atoms with E-state index >= 15 is 0 Å². The fourth-order valence-electron chi connectivity index (χ4n) is 4.19. The molecule has 2 aliphatic heterocycles. The summed E-state index contributed by atoms with van der Waals surface area (Å²) in [7, 11) is -3.75. The molecule has 0 atom stereocenters. The molecular weight excluding hydrogens is 414 g/mol. The molecule has 31 heavy (non-hydrogen) atoms. The SMILES string of the molecule is Cc1cccc(N2CCN(C(=O)c3ccccc3S(=O)(=O)N3CCOCC3)CC2)c1C. The molecule has 0 aliphatic carbocycles. The summed E-state index contributed by atoms with van der Waals surface area (Å²) >= 11 is 0. The van der Waals surface area contributed by atoms with E-state index in [4.69, 9.17) is 4.74 Å². The van der Waals surface area contributed by atoms with E-state index in [1.807, 2.05) is 0 Å². The van der Waals surface area contributed by atoms with Gasteiger partial charge < -0.3 is 14.5 Å². The summed E-state index contributed by atoms with van der Waals surface area (Å²) in [5.41, 5.74) is 3.94. The van der Waals surface area contributed by atoms with Crippen molar-refractivity contribution in [2.45, 2.75) is 18.7 Å².